The Morgan fingerprint density at radius 2 is 1.94 bits per heavy atom. The highest BCUT2D eigenvalue weighted by Crippen LogP contribution is 2.23. The molecule has 0 unspecified atom stereocenters. The van der Waals surface area contributed by atoms with Crippen molar-refractivity contribution in [3.63, 3.8) is 0 Å². The van der Waals surface area contributed by atoms with Gasteiger partial charge in [0.25, 0.3) is 0 Å². The molecule has 0 aliphatic carbocycles. The van der Waals surface area contributed by atoms with Gasteiger partial charge in [-0.1, -0.05) is 0 Å². The summed E-state index contributed by atoms with van der Waals surface area (Å²) >= 11 is 1.09. The van der Waals surface area contributed by atoms with Crippen LogP contribution in [0.4, 0.5) is 0 Å². The number of aromatic nitrogens is 1. The minimum Gasteiger partial charge on any atom is -0.438 e. The number of ether oxygens (including phenoxy) is 1. The fourth-order valence-electron chi connectivity index (χ4n) is 1.28. The minimum atomic E-state index is -0.492. The van der Waals surface area contributed by atoms with E-state index in [9.17, 15) is 9.59 Å². The minimum absolute atomic E-state index is 0.0496. The second kappa shape index (κ2) is 4.97. The van der Waals surface area contributed by atoms with Gasteiger partial charge in [0.2, 0.25) is 11.8 Å². The molecule has 1 aromatic heterocycles. The van der Waals surface area contributed by atoms with Crippen molar-refractivity contribution in [2.45, 2.75) is 6.92 Å². The molecule has 6 heteroatoms. The lowest BCUT2D eigenvalue weighted by atomic mass is 10.2. The van der Waals surface area contributed by atoms with E-state index in [1.165, 1.54) is 6.92 Å². The molecule has 92 valence electrons. The van der Waals surface area contributed by atoms with Gasteiger partial charge >= 0.3 is 0 Å². The van der Waals surface area contributed by atoms with E-state index < -0.39 is 5.91 Å². The summed E-state index contributed by atoms with van der Waals surface area (Å²) in [7, 11) is 0. The normalized spacial score (nSPS) is 10.1. The van der Waals surface area contributed by atoms with Crippen LogP contribution in [0.3, 0.4) is 0 Å². The molecule has 0 spiro atoms. The zero-order valence-electron chi connectivity index (χ0n) is 9.54. The van der Waals surface area contributed by atoms with Crippen LogP contribution in [-0.4, -0.2) is 16.1 Å². The van der Waals surface area contributed by atoms with E-state index in [2.05, 4.69) is 4.37 Å². The van der Waals surface area contributed by atoms with E-state index in [-0.39, 0.29) is 5.78 Å². The van der Waals surface area contributed by atoms with Crippen LogP contribution < -0.4 is 10.5 Å². The number of nitrogens with two attached hydrogens (primary N) is 1. The number of amides is 1. The summed E-state index contributed by atoms with van der Waals surface area (Å²) in [5.41, 5.74) is 5.53. The van der Waals surface area contributed by atoms with Crippen LogP contribution >= 0.6 is 11.5 Å². The van der Waals surface area contributed by atoms with Crippen LogP contribution in [0.25, 0.3) is 0 Å². The molecule has 2 N–H and O–H groups in total. The van der Waals surface area contributed by atoms with Gasteiger partial charge in [-0.05, 0) is 35.8 Å². The van der Waals surface area contributed by atoms with Gasteiger partial charge in [-0.2, -0.15) is 4.37 Å². The predicted octanol–water partition coefficient (Wildman–Crippen LogP) is 2.24. The summed E-state index contributed by atoms with van der Waals surface area (Å²) in [5.74, 6) is 0.345. The Labute approximate surface area is 107 Å². The summed E-state index contributed by atoms with van der Waals surface area (Å²) in [4.78, 5) is 22.5. The second-order valence-corrected chi connectivity index (χ2v) is 4.38. The molecule has 0 saturated carbocycles. The van der Waals surface area contributed by atoms with Crippen molar-refractivity contribution >= 4 is 23.2 Å². The fraction of sp³-hybridized carbons (Fsp3) is 0.0833. The molecule has 5 nitrogen and oxygen atoms in total. The smallest absolute Gasteiger partial charge is 0.248 e. The van der Waals surface area contributed by atoms with Gasteiger partial charge in [0, 0.05) is 18.6 Å². The van der Waals surface area contributed by atoms with Gasteiger partial charge in [-0.15, -0.1) is 0 Å². The van der Waals surface area contributed by atoms with E-state index in [0.717, 1.165) is 11.5 Å². The summed E-state index contributed by atoms with van der Waals surface area (Å²) in [6.45, 7) is 1.47. The lowest BCUT2D eigenvalue weighted by Crippen LogP contribution is -2.10. The van der Waals surface area contributed by atoms with Crippen LogP contribution in [0.5, 0.6) is 11.6 Å². The molecule has 0 bridgehead atoms. The standard InChI is InChI=1S/C12H10N2O3S/c1-7(15)10-6-11(14-18-10)17-9-4-2-8(3-5-9)12(13)16/h2-6H,1H3,(H2,13,16). The SMILES string of the molecule is CC(=O)c1cc(Oc2ccc(C(N)=O)cc2)ns1. The van der Waals surface area contributed by atoms with Crippen molar-refractivity contribution in [2.24, 2.45) is 5.73 Å². The van der Waals surface area contributed by atoms with Crippen molar-refractivity contribution in [1.29, 1.82) is 0 Å². The number of hydrogen-bond donors (Lipinski definition) is 1. The van der Waals surface area contributed by atoms with E-state index in [1.807, 2.05) is 0 Å². The lowest BCUT2D eigenvalue weighted by Gasteiger charge is -2.01. The molecule has 0 fully saturated rings. The maximum Gasteiger partial charge on any atom is 0.248 e. The number of ketones is 1. The first-order chi connectivity index (χ1) is 8.56. The number of benzene rings is 1. The highest BCUT2D eigenvalue weighted by atomic mass is 32.1. The van der Waals surface area contributed by atoms with E-state index in [1.54, 1.807) is 30.3 Å². The molecule has 18 heavy (non-hydrogen) atoms. The van der Waals surface area contributed by atoms with Crippen molar-refractivity contribution in [2.75, 3.05) is 0 Å². The largest absolute Gasteiger partial charge is 0.438 e. The third-order valence-electron chi connectivity index (χ3n) is 2.20. The summed E-state index contributed by atoms with van der Waals surface area (Å²) in [6.07, 6.45) is 0. The van der Waals surface area contributed by atoms with Gasteiger partial charge < -0.3 is 10.5 Å². The molecular weight excluding hydrogens is 252 g/mol. The van der Waals surface area contributed by atoms with Crippen molar-refractivity contribution < 1.29 is 14.3 Å². The van der Waals surface area contributed by atoms with Crippen LogP contribution in [0.2, 0.25) is 0 Å². The average molecular weight is 262 g/mol. The molecule has 0 saturated heterocycles. The van der Waals surface area contributed by atoms with Crippen LogP contribution in [0.15, 0.2) is 30.3 Å². The summed E-state index contributed by atoms with van der Waals surface area (Å²) < 4.78 is 9.44. The molecule has 0 atom stereocenters. The number of Topliss-reactive ketones (excluding diaryl/α,β-unsaturated/α-hetero) is 1. The Morgan fingerprint density at radius 3 is 2.44 bits per heavy atom. The molecule has 2 aromatic rings. The highest BCUT2D eigenvalue weighted by molar-refractivity contribution is 7.08. The van der Waals surface area contributed by atoms with Gasteiger partial charge in [0.1, 0.15) is 5.75 Å². The topological polar surface area (TPSA) is 82.3 Å². The Kier molecular flexibility index (Phi) is 3.38. The van der Waals surface area contributed by atoms with Gasteiger partial charge in [-0.25, -0.2) is 0 Å². The monoisotopic (exact) mass is 262 g/mol. The molecule has 1 heterocycles. The first-order valence-electron chi connectivity index (χ1n) is 5.11. The van der Waals surface area contributed by atoms with Gasteiger partial charge in [0.05, 0.1) is 4.88 Å². The molecule has 0 aliphatic rings. The van der Waals surface area contributed by atoms with Crippen LogP contribution in [-0.2, 0) is 0 Å². The molecule has 2 rings (SSSR count). The van der Waals surface area contributed by atoms with Crippen LogP contribution in [0, 0.1) is 0 Å². The molecule has 1 amide bonds. The van der Waals surface area contributed by atoms with E-state index in [0.29, 0.717) is 22.1 Å². The first-order valence-corrected chi connectivity index (χ1v) is 5.89. The van der Waals surface area contributed by atoms with E-state index in [4.69, 9.17) is 10.5 Å². The number of hydrogen-bond acceptors (Lipinski definition) is 5. The van der Waals surface area contributed by atoms with Crippen LogP contribution in [0.1, 0.15) is 27.0 Å². The molecule has 1 aromatic carbocycles. The lowest BCUT2D eigenvalue weighted by molar-refractivity contribution is 0.0996. The van der Waals surface area contributed by atoms with E-state index >= 15 is 0 Å². The third-order valence-corrected chi connectivity index (χ3v) is 3.07. The van der Waals surface area contributed by atoms with Crippen molar-refractivity contribution in [3.8, 4) is 11.6 Å². The Balaban J connectivity index is 2.13. The third kappa shape index (κ3) is 2.72. The number of carbonyl (C=O) groups excluding carboxylic acids is 2. The average Bonchev–Trinajstić information content (AvgIpc) is 2.78. The zero-order chi connectivity index (χ0) is 13.1. The molecule has 0 aliphatic heterocycles. The maximum atomic E-state index is 11.1. The quantitative estimate of drug-likeness (QED) is 0.856. The van der Waals surface area contributed by atoms with Crippen molar-refractivity contribution in [3.05, 3.63) is 40.8 Å². The Hall–Kier alpha value is -2.21. The maximum absolute atomic E-state index is 11.1. The molecule has 0 radical (unpaired) electrons. The second-order valence-electron chi connectivity index (χ2n) is 3.58. The zero-order valence-corrected chi connectivity index (χ0v) is 10.4. The highest BCUT2D eigenvalue weighted by Gasteiger charge is 2.08. The number of carbonyl (C=O) groups is 2. The van der Waals surface area contributed by atoms with Crippen molar-refractivity contribution in [1.82, 2.24) is 4.37 Å². The fourth-order valence-corrected chi connectivity index (χ4v) is 1.84. The number of nitrogens with zero attached hydrogens (tertiary/aromatic N) is 1. The number of primary amides is 1. The first kappa shape index (κ1) is 12.3. The Bertz CT molecular complexity index is 590. The van der Waals surface area contributed by atoms with Gasteiger partial charge in [0.15, 0.2) is 5.78 Å². The summed E-state index contributed by atoms with van der Waals surface area (Å²) in [6, 6.07) is 7.95. The Morgan fingerprint density at radius 1 is 1.28 bits per heavy atom. The predicted molar refractivity (Wildman–Crippen MR) is 67.2 cm³/mol. The molecular formula is C12H10N2O3S. The summed E-state index contributed by atoms with van der Waals surface area (Å²) in [5, 5.41) is 0. The number of rotatable bonds is 4. The van der Waals surface area contributed by atoms with Gasteiger partial charge in [-0.3, -0.25) is 9.59 Å².